The molecule has 1 aliphatic rings. The maximum absolute atomic E-state index is 12.8. The van der Waals surface area contributed by atoms with Crippen LogP contribution in [-0.2, 0) is 0 Å². The number of nitrogens with zero attached hydrogens (tertiary/aromatic N) is 2. The molecule has 1 aromatic carbocycles. The van der Waals surface area contributed by atoms with E-state index >= 15 is 0 Å². The van der Waals surface area contributed by atoms with Crippen LogP contribution in [0.3, 0.4) is 0 Å². The molecule has 1 aliphatic heterocycles. The van der Waals surface area contributed by atoms with Gasteiger partial charge in [0.25, 0.3) is 11.5 Å². The van der Waals surface area contributed by atoms with E-state index in [9.17, 15) is 9.59 Å². The average molecular weight is 326 g/mol. The molecule has 3 rings (SSSR count). The van der Waals surface area contributed by atoms with Gasteiger partial charge in [-0.3, -0.25) is 14.2 Å². The molecule has 1 atom stereocenters. The van der Waals surface area contributed by atoms with Crippen molar-refractivity contribution in [1.29, 1.82) is 0 Å². The SMILES string of the molecule is COc1ccc(-n2cc(C(=O)N3CCCCC3C)ccc2=O)cc1. The largest absolute Gasteiger partial charge is 0.497 e. The van der Waals surface area contributed by atoms with Crippen LogP contribution in [0.5, 0.6) is 5.75 Å². The Hall–Kier alpha value is -2.56. The first-order valence-corrected chi connectivity index (χ1v) is 8.28. The number of carbonyl (C=O) groups excluding carboxylic acids is 1. The van der Waals surface area contributed by atoms with Crippen LogP contribution >= 0.6 is 0 Å². The Labute approximate surface area is 141 Å². The molecule has 2 aromatic rings. The van der Waals surface area contributed by atoms with Crippen molar-refractivity contribution >= 4 is 5.91 Å². The second-order valence-electron chi connectivity index (χ2n) is 6.17. The predicted octanol–water partition coefficient (Wildman–Crippen LogP) is 2.86. The molecule has 1 fully saturated rings. The molecule has 1 aromatic heterocycles. The van der Waals surface area contributed by atoms with E-state index < -0.39 is 0 Å². The Morgan fingerprint density at radius 3 is 2.54 bits per heavy atom. The van der Waals surface area contributed by atoms with Crippen molar-refractivity contribution < 1.29 is 9.53 Å². The van der Waals surface area contributed by atoms with Gasteiger partial charge in [-0.25, -0.2) is 0 Å². The van der Waals surface area contributed by atoms with Crippen LogP contribution in [0.2, 0.25) is 0 Å². The van der Waals surface area contributed by atoms with E-state index in [2.05, 4.69) is 6.92 Å². The van der Waals surface area contributed by atoms with Gasteiger partial charge in [-0.05, 0) is 56.5 Å². The van der Waals surface area contributed by atoms with Gasteiger partial charge in [0.2, 0.25) is 0 Å². The lowest BCUT2D eigenvalue weighted by atomic mass is 10.0. The number of amides is 1. The maximum atomic E-state index is 12.8. The highest BCUT2D eigenvalue weighted by molar-refractivity contribution is 5.94. The van der Waals surface area contributed by atoms with Gasteiger partial charge in [0.1, 0.15) is 5.75 Å². The van der Waals surface area contributed by atoms with Crippen LogP contribution in [0.25, 0.3) is 5.69 Å². The number of carbonyl (C=O) groups is 1. The summed E-state index contributed by atoms with van der Waals surface area (Å²) in [6.07, 6.45) is 4.86. The van der Waals surface area contributed by atoms with Crippen LogP contribution in [0.15, 0.2) is 47.4 Å². The average Bonchev–Trinajstić information content (AvgIpc) is 2.62. The number of piperidine rings is 1. The van der Waals surface area contributed by atoms with Crippen LogP contribution < -0.4 is 10.3 Å². The molecule has 5 nitrogen and oxygen atoms in total. The van der Waals surface area contributed by atoms with Crippen LogP contribution in [0, 0.1) is 0 Å². The number of aromatic nitrogens is 1. The molecule has 1 unspecified atom stereocenters. The van der Waals surface area contributed by atoms with Crippen LogP contribution in [0.1, 0.15) is 36.5 Å². The van der Waals surface area contributed by atoms with E-state index in [1.807, 2.05) is 4.90 Å². The van der Waals surface area contributed by atoms with E-state index in [1.165, 1.54) is 10.6 Å². The molecular weight excluding hydrogens is 304 g/mol. The monoisotopic (exact) mass is 326 g/mol. The highest BCUT2D eigenvalue weighted by atomic mass is 16.5. The van der Waals surface area contributed by atoms with Crippen LogP contribution in [-0.4, -0.2) is 35.1 Å². The van der Waals surface area contributed by atoms with E-state index in [1.54, 1.807) is 43.6 Å². The third-order valence-electron chi connectivity index (χ3n) is 4.57. The number of ether oxygens (including phenoxy) is 1. The third kappa shape index (κ3) is 3.20. The van der Waals surface area contributed by atoms with Crippen molar-refractivity contribution in [3.8, 4) is 11.4 Å². The minimum absolute atomic E-state index is 0.00976. The van der Waals surface area contributed by atoms with Crippen LogP contribution in [0.4, 0.5) is 0 Å². The Bertz CT molecular complexity index is 780. The number of likely N-dealkylation sites (tertiary alicyclic amines) is 1. The molecule has 24 heavy (non-hydrogen) atoms. The first kappa shape index (κ1) is 16.3. The van der Waals surface area contributed by atoms with E-state index in [0.29, 0.717) is 11.3 Å². The second-order valence-corrected chi connectivity index (χ2v) is 6.17. The number of hydrogen-bond acceptors (Lipinski definition) is 3. The molecule has 0 saturated carbocycles. The summed E-state index contributed by atoms with van der Waals surface area (Å²) in [5, 5.41) is 0. The van der Waals surface area contributed by atoms with Gasteiger partial charge in [-0.2, -0.15) is 0 Å². The van der Waals surface area contributed by atoms with E-state index in [4.69, 9.17) is 4.74 Å². The molecule has 1 amide bonds. The standard InChI is InChI=1S/C19H22N2O3/c1-14-5-3-4-12-20(14)19(23)15-6-11-18(22)21(13-15)16-7-9-17(24-2)10-8-16/h6-11,13-14H,3-5,12H2,1-2H3. The van der Waals surface area contributed by atoms with Gasteiger partial charge in [-0.15, -0.1) is 0 Å². The lowest BCUT2D eigenvalue weighted by molar-refractivity contribution is 0.0635. The fourth-order valence-corrected chi connectivity index (χ4v) is 3.12. The fourth-order valence-electron chi connectivity index (χ4n) is 3.12. The van der Waals surface area contributed by atoms with Gasteiger partial charge in [0.15, 0.2) is 0 Å². The number of benzene rings is 1. The van der Waals surface area contributed by atoms with Crippen molar-refractivity contribution in [2.75, 3.05) is 13.7 Å². The zero-order valence-electron chi connectivity index (χ0n) is 14.1. The molecule has 0 spiro atoms. The Morgan fingerprint density at radius 1 is 1.12 bits per heavy atom. The quantitative estimate of drug-likeness (QED) is 0.871. The van der Waals surface area contributed by atoms with Gasteiger partial charge < -0.3 is 9.64 Å². The summed E-state index contributed by atoms with van der Waals surface area (Å²) in [7, 11) is 1.60. The summed E-state index contributed by atoms with van der Waals surface area (Å²) >= 11 is 0. The molecule has 0 radical (unpaired) electrons. The molecule has 5 heteroatoms. The minimum Gasteiger partial charge on any atom is -0.497 e. The summed E-state index contributed by atoms with van der Waals surface area (Å²) in [4.78, 5) is 26.9. The Kier molecular flexibility index (Phi) is 4.69. The molecule has 0 bridgehead atoms. The molecule has 2 heterocycles. The van der Waals surface area contributed by atoms with E-state index in [-0.39, 0.29) is 17.5 Å². The van der Waals surface area contributed by atoms with Gasteiger partial charge in [0, 0.05) is 30.5 Å². The normalized spacial score (nSPS) is 17.6. The summed E-state index contributed by atoms with van der Waals surface area (Å²) in [5.41, 5.74) is 1.09. The smallest absolute Gasteiger partial charge is 0.255 e. The summed E-state index contributed by atoms with van der Waals surface area (Å²) in [6.45, 7) is 2.86. The zero-order chi connectivity index (χ0) is 17.1. The minimum atomic E-state index is -0.164. The van der Waals surface area contributed by atoms with Gasteiger partial charge in [-0.1, -0.05) is 0 Å². The third-order valence-corrected chi connectivity index (χ3v) is 4.57. The van der Waals surface area contributed by atoms with Crippen molar-refractivity contribution in [3.63, 3.8) is 0 Å². The van der Waals surface area contributed by atoms with Crippen molar-refractivity contribution in [2.45, 2.75) is 32.2 Å². The Morgan fingerprint density at radius 2 is 1.88 bits per heavy atom. The lowest BCUT2D eigenvalue weighted by Crippen LogP contribution is -2.42. The van der Waals surface area contributed by atoms with Gasteiger partial charge in [0.05, 0.1) is 12.7 Å². The maximum Gasteiger partial charge on any atom is 0.255 e. The molecule has 126 valence electrons. The molecule has 1 saturated heterocycles. The zero-order valence-corrected chi connectivity index (χ0v) is 14.1. The summed E-state index contributed by atoms with van der Waals surface area (Å²) < 4.78 is 6.64. The number of hydrogen-bond donors (Lipinski definition) is 0. The van der Waals surface area contributed by atoms with Gasteiger partial charge >= 0.3 is 0 Å². The summed E-state index contributed by atoms with van der Waals surface area (Å²) in [6, 6.07) is 10.5. The first-order valence-electron chi connectivity index (χ1n) is 8.28. The molecular formula is C19H22N2O3. The summed E-state index contributed by atoms with van der Waals surface area (Å²) in [5.74, 6) is 0.714. The van der Waals surface area contributed by atoms with Crippen molar-refractivity contribution in [2.24, 2.45) is 0 Å². The highest BCUT2D eigenvalue weighted by Crippen LogP contribution is 2.19. The molecule has 0 N–H and O–H groups in total. The van der Waals surface area contributed by atoms with Crippen molar-refractivity contribution in [1.82, 2.24) is 9.47 Å². The highest BCUT2D eigenvalue weighted by Gasteiger charge is 2.24. The topological polar surface area (TPSA) is 51.5 Å². The van der Waals surface area contributed by atoms with Crippen molar-refractivity contribution in [3.05, 3.63) is 58.5 Å². The molecule has 0 aliphatic carbocycles. The Balaban J connectivity index is 1.93. The van der Waals surface area contributed by atoms with E-state index in [0.717, 1.165) is 31.6 Å². The second kappa shape index (κ2) is 6.91. The lowest BCUT2D eigenvalue weighted by Gasteiger charge is -2.33. The number of rotatable bonds is 3. The predicted molar refractivity (Wildman–Crippen MR) is 92.9 cm³/mol. The fraction of sp³-hybridized carbons (Fsp3) is 0.368. The number of methoxy groups -OCH3 is 1. The first-order chi connectivity index (χ1) is 11.6. The number of pyridine rings is 1.